The van der Waals surface area contributed by atoms with Gasteiger partial charge in [0.25, 0.3) is 0 Å². The minimum atomic E-state index is -4.43. The highest BCUT2D eigenvalue weighted by molar-refractivity contribution is 7.99. The molecule has 1 aromatic rings. The Balaban J connectivity index is 2.29. The second-order valence-corrected chi connectivity index (χ2v) is 5.70. The highest BCUT2D eigenvalue weighted by atomic mass is 32.2. The lowest BCUT2D eigenvalue weighted by atomic mass is 10.1. The van der Waals surface area contributed by atoms with Crippen LogP contribution in [0.1, 0.15) is 23.4 Å². The van der Waals surface area contributed by atoms with Gasteiger partial charge in [-0.1, -0.05) is 12.1 Å². The highest BCUT2D eigenvalue weighted by Crippen LogP contribution is 2.42. The number of hydrogen-bond acceptors (Lipinski definition) is 3. The summed E-state index contributed by atoms with van der Waals surface area (Å²) in [6, 6.07) is 3.46. The van der Waals surface area contributed by atoms with Crippen LogP contribution in [0.2, 0.25) is 0 Å². The Bertz CT molecular complexity index is 559. The number of hydrogen-bond donors (Lipinski definition) is 1. The fourth-order valence-corrected chi connectivity index (χ4v) is 3.65. The number of alkyl halides is 3. The normalized spacial score (nSPS) is 22.4. The zero-order valence-corrected chi connectivity index (χ0v) is 11.7. The SMILES string of the molecule is CC(=O)N1[C@H](C(=O)O)CS[C@H]1c1ccc(C(F)(F)F)cc1. The van der Waals surface area contributed by atoms with Crippen molar-refractivity contribution in [1.29, 1.82) is 0 Å². The third-order valence-electron chi connectivity index (χ3n) is 3.17. The molecule has 8 heteroatoms. The molecule has 0 bridgehead atoms. The Morgan fingerprint density at radius 1 is 1.29 bits per heavy atom. The van der Waals surface area contributed by atoms with E-state index in [-0.39, 0.29) is 5.75 Å². The van der Waals surface area contributed by atoms with Crippen molar-refractivity contribution in [1.82, 2.24) is 4.90 Å². The van der Waals surface area contributed by atoms with Crippen molar-refractivity contribution in [3.63, 3.8) is 0 Å². The molecule has 0 unspecified atom stereocenters. The number of halogens is 3. The van der Waals surface area contributed by atoms with E-state index in [9.17, 15) is 22.8 Å². The van der Waals surface area contributed by atoms with Gasteiger partial charge in [0.2, 0.25) is 5.91 Å². The Morgan fingerprint density at radius 3 is 2.29 bits per heavy atom. The van der Waals surface area contributed by atoms with Crippen molar-refractivity contribution in [2.45, 2.75) is 24.5 Å². The fraction of sp³-hybridized carbons (Fsp3) is 0.385. The van der Waals surface area contributed by atoms with Crippen molar-refractivity contribution in [2.24, 2.45) is 0 Å². The van der Waals surface area contributed by atoms with E-state index < -0.39 is 35.0 Å². The van der Waals surface area contributed by atoms with Crippen LogP contribution >= 0.6 is 11.8 Å². The predicted octanol–water partition coefficient (Wildman–Crippen LogP) is 2.75. The number of amides is 1. The summed E-state index contributed by atoms with van der Waals surface area (Å²) in [7, 11) is 0. The third kappa shape index (κ3) is 3.15. The van der Waals surface area contributed by atoms with Gasteiger partial charge < -0.3 is 10.0 Å². The van der Waals surface area contributed by atoms with Crippen LogP contribution in [-0.2, 0) is 15.8 Å². The average Bonchev–Trinajstić information content (AvgIpc) is 2.82. The number of nitrogens with zero attached hydrogens (tertiary/aromatic N) is 1. The first-order chi connectivity index (χ1) is 9.71. The maximum absolute atomic E-state index is 12.5. The Kier molecular flexibility index (Phi) is 4.18. The van der Waals surface area contributed by atoms with Crippen LogP contribution in [0.15, 0.2) is 24.3 Å². The molecular weight excluding hydrogens is 307 g/mol. The summed E-state index contributed by atoms with van der Waals surface area (Å²) in [6.45, 7) is 1.25. The fourth-order valence-electron chi connectivity index (χ4n) is 2.17. The minimum absolute atomic E-state index is 0.209. The number of carbonyl (C=O) groups excluding carboxylic acids is 1. The van der Waals surface area contributed by atoms with Crippen LogP contribution in [0, 0.1) is 0 Å². The van der Waals surface area contributed by atoms with Crippen molar-refractivity contribution in [3.05, 3.63) is 35.4 Å². The summed E-state index contributed by atoms with van der Waals surface area (Å²) >= 11 is 1.22. The van der Waals surface area contributed by atoms with Gasteiger partial charge in [0.05, 0.1) is 5.56 Å². The Labute approximate surface area is 122 Å². The maximum atomic E-state index is 12.5. The molecule has 1 aromatic carbocycles. The van der Waals surface area contributed by atoms with E-state index in [0.717, 1.165) is 12.1 Å². The zero-order valence-electron chi connectivity index (χ0n) is 10.9. The second kappa shape index (κ2) is 5.59. The van der Waals surface area contributed by atoms with Crippen LogP contribution in [-0.4, -0.2) is 33.7 Å². The summed E-state index contributed by atoms with van der Waals surface area (Å²) in [6.07, 6.45) is -4.43. The average molecular weight is 319 g/mol. The van der Waals surface area contributed by atoms with Crippen molar-refractivity contribution >= 4 is 23.6 Å². The molecule has 1 fully saturated rings. The summed E-state index contributed by atoms with van der Waals surface area (Å²) in [5, 5.41) is 8.51. The van der Waals surface area contributed by atoms with E-state index in [2.05, 4.69) is 0 Å². The minimum Gasteiger partial charge on any atom is -0.480 e. The first kappa shape index (κ1) is 15.7. The molecule has 1 N–H and O–H groups in total. The lowest BCUT2D eigenvalue weighted by molar-refractivity contribution is -0.148. The lowest BCUT2D eigenvalue weighted by Gasteiger charge is -2.26. The quantitative estimate of drug-likeness (QED) is 0.911. The van der Waals surface area contributed by atoms with Gasteiger partial charge in [-0.15, -0.1) is 11.8 Å². The molecule has 4 nitrogen and oxygen atoms in total. The van der Waals surface area contributed by atoms with E-state index >= 15 is 0 Å². The van der Waals surface area contributed by atoms with E-state index in [1.54, 1.807) is 0 Å². The molecule has 1 aliphatic heterocycles. The molecule has 114 valence electrons. The van der Waals surface area contributed by atoms with Gasteiger partial charge in [0, 0.05) is 12.7 Å². The van der Waals surface area contributed by atoms with Crippen LogP contribution in [0.25, 0.3) is 0 Å². The van der Waals surface area contributed by atoms with Gasteiger partial charge in [-0.05, 0) is 17.7 Å². The van der Waals surface area contributed by atoms with Gasteiger partial charge in [0.15, 0.2) is 0 Å². The molecule has 1 aliphatic rings. The van der Waals surface area contributed by atoms with E-state index in [0.29, 0.717) is 5.56 Å². The molecule has 2 atom stereocenters. The highest BCUT2D eigenvalue weighted by Gasteiger charge is 2.41. The van der Waals surface area contributed by atoms with Crippen LogP contribution in [0.5, 0.6) is 0 Å². The first-order valence-electron chi connectivity index (χ1n) is 6.02. The summed E-state index contributed by atoms with van der Waals surface area (Å²) in [5.74, 6) is -1.33. The number of carboxylic acids is 1. The summed E-state index contributed by atoms with van der Waals surface area (Å²) < 4.78 is 37.6. The predicted molar refractivity (Wildman–Crippen MR) is 70.6 cm³/mol. The standard InChI is InChI=1S/C13H12F3NO3S/c1-7(18)17-10(12(19)20)6-21-11(17)8-2-4-9(5-3-8)13(14,15)16/h2-5,10-11H,6H2,1H3,(H,19,20)/t10-,11-/m0/s1. The lowest BCUT2D eigenvalue weighted by Crippen LogP contribution is -2.41. The molecule has 0 saturated carbocycles. The maximum Gasteiger partial charge on any atom is 0.416 e. The van der Waals surface area contributed by atoms with Crippen molar-refractivity contribution in [3.8, 4) is 0 Å². The van der Waals surface area contributed by atoms with Crippen LogP contribution in [0.4, 0.5) is 13.2 Å². The number of carbonyl (C=O) groups is 2. The monoisotopic (exact) mass is 319 g/mol. The number of aliphatic carboxylic acids is 1. The van der Waals surface area contributed by atoms with Crippen molar-refractivity contribution in [2.75, 3.05) is 5.75 Å². The Hall–Kier alpha value is -1.70. The van der Waals surface area contributed by atoms with Crippen LogP contribution in [0.3, 0.4) is 0 Å². The van der Waals surface area contributed by atoms with E-state index in [1.165, 1.54) is 35.7 Å². The summed E-state index contributed by atoms with van der Waals surface area (Å²) in [4.78, 5) is 24.0. The molecule has 1 saturated heterocycles. The topological polar surface area (TPSA) is 57.6 Å². The van der Waals surface area contributed by atoms with Gasteiger partial charge in [-0.25, -0.2) is 4.79 Å². The van der Waals surface area contributed by atoms with Crippen LogP contribution < -0.4 is 0 Å². The first-order valence-corrected chi connectivity index (χ1v) is 7.07. The largest absolute Gasteiger partial charge is 0.480 e. The Morgan fingerprint density at radius 2 is 1.86 bits per heavy atom. The molecule has 0 spiro atoms. The number of rotatable bonds is 2. The van der Waals surface area contributed by atoms with Gasteiger partial charge in [0.1, 0.15) is 11.4 Å². The summed E-state index contributed by atoms with van der Waals surface area (Å²) in [5.41, 5.74) is -0.301. The molecular formula is C13H12F3NO3S. The van der Waals surface area contributed by atoms with E-state index in [1.807, 2.05) is 0 Å². The molecule has 0 radical (unpaired) electrons. The molecule has 21 heavy (non-hydrogen) atoms. The van der Waals surface area contributed by atoms with Gasteiger partial charge in [-0.2, -0.15) is 13.2 Å². The number of carboxylic acid groups (broad SMARTS) is 1. The molecule has 0 aliphatic carbocycles. The molecule has 2 rings (SSSR count). The molecule has 1 heterocycles. The van der Waals surface area contributed by atoms with Gasteiger partial charge in [-0.3, -0.25) is 4.79 Å². The second-order valence-electron chi connectivity index (χ2n) is 4.59. The molecule has 1 amide bonds. The van der Waals surface area contributed by atoms with Gasteiger partial charge >= 0.3 is 12.1 Å². The number of thioether (sulfide) groups is 1. The number of benzene rings is 1. The molecule has 0 aromatic heterocycles. The smallest absolute Gasteiger partial charge is 0.416 e. The van der Waals surface area contributed by atoms with E-state index in [4.69, 9.17) is 5.11 Å². The van der Waals surface area contributed by atoms with Crippen molar-refractivity contribution < 1.29 is 27.9 Å². The zero-order chi connectivity index (χ0) is 15.8. The third-order valence-corrected chi connectivity index (χ3v) is 4.50.